The number of hydrogen-bond acceptors (Lipinski definition) is 3. The van der Waals surface area contributed by atoms with E-state index in [1.807, 2.05) is 18.2 Å². The van der Waals surface area contributed by atoms with Crippen LogP contribution in [0.2, 0.25) is 0 Å². The quantitative estimate of drug-likeness (QED) is 0.869. The van der Waals surface area contributed by atoms with Crippen molar-refractivity contribution in [1.82, 2.24) is 4.98 Å². The lowest BCUT2D eigenvalue weighted by Crippen LogP contribution is -2.09. The van der Waals surface area contributed by atoms with Gasteiger partial charge in [-0.3, -0.25) is 0 Å². The molecule has 0 saturated carbocycles. The van der Waals surface area contributed by atoms with Gasteiger partial charge in [-0.15, -0.1) is 0 Å². The fourth-order valence-electron chi connectivity index (χ4n) is 1.92. The number of anilines is 1. The molecule has 0 bridgehead atoms. The van der Waals surface area contributed by atoms with Gasteiger partial charge in [0.15, 0.2) is 0 Å². The van der Waals surface area contributed by atoms with Crippen molar-refractivity contribution in [3.63, 3.8) is 0 Å². The first-order chi connectivity index (χ1) is 8.83. The summed E-state index contributed by atoms with van der Waals surface area (Å²) >= 11 is 0. The predicted molar refractivity (Wildman–Crippen MR) is 73.9 cm³/mol. The van der Waals surface area contributed by atoms with Crippen LogP contribution in [0.4, 0.5) is 5.69 Å². The third-order valence-corrected chi connectivity index (χ3v) is 2.90. The lowest BCUT2D eigenvalue weighted by Gasteiger charge is -2.18. The number of ether oxygens (including phenoxy) is 1. The standard InChI is InChI=1S/C15H18N2O/c1-3-14(12-7-5-4-6-8-12)17-13-9-10-16-15(11-13)18-2/h4-11,14H,3H2,1-2H3,(H,16,17). The molecule has 3 nitrogen and oxygen atoms in total. The van der Waals surface area contributed by atoms with Gasteiger partial charge in [0.25, 0.3) is 0 Å². The molecule has 18 heavy (non-hydrogen) atoms. The zero-order chi connectivity index (χ0) is 12.8. The SMILES string of the molecule is CCC(Nc1ccnc(OC)c1)c1ccccc1. The molecule has 1 unspecified atom stereocenters. The van der Waals surface area contributed by atoms with Gasteiger partial charge in [-0.2, -0.15) is 0 Å². The average Bonchev–Trinajstić information content (AvgIpc) is 2.46. The molecule has 0 aliphatic heterocycles. The normalized spacial score (nSPS) is 11.9. The molecule has 94 valence electrons. The highest BCUT2D eigenvalue weighted by molar-refractivity contribution is 5.47. The van der Waals surface area contributed by atoms with Crippen molar-refractivity contribution < 1.29 is 4.74 Å². The van der Waals surface area contributed by atoms with Gasteiger partial charge >= 0.3 is 0 Å². The van der Waals surface area contributed by atoms with E-state index in [2.05, 4.69) is 41.5 Å². The molecule has 0 aliphatic rings. The lowest BCUT2D eigenvalue weighted by molar-refractivity contribution is 0.398. The Labute approximate surface area is 108 Å². The van der Waals surface area contributed by atoms with Crippen molar-refractivity contribution in [3.8, 4) is 5.88 Å². The van der Waals surface area contributed by atoms with Crippen molar-refractivity contribution in [1.29, 1.82) is 0 Å². The number of benzene rings is 1. The maximum Gasteiger partial charge on any atom is 0.214 e. The molecule has 0 saturated heterocycles. The Balaban J connectivity index is 2.15. The molecular weight excluding hydrogens is 224 g/mol. The monoisotopic (exact) mass is 242 g/mol. The number of nitrogens with zero attached hydrogens (tertiary/aromatic N) is 1. The summed E-state index contributed by atoms with van der Waals surface area (Å²) in [5.74, 6) is 0.628. The zero-order valence-electron chi connectivity index (χ0n) is 10.8. The van der Waals surface area contributed by atoms with E-state index in [9.17, 15) is 0 Å². The topological polar surface area (TPSA) is 34.2 Å². The van der Waals surface area contributed by atoms with Gasteiger partial charge in [0.1, 0.15) is 0 Å². The lowest BCUT2D eigenvalue weighted by atomic mass is 10.0. The highest BCUT2D eigenvalue weighted by Crippen LogP contribution is 2.23. The second-order valence-electron chi connectivity index (χ2n) is 4.10. The second-order valence-corrected chi connectivity index (χ2v) is 4.10. The number of nitrogens with one attached hydrogen (secondary N) is 1. The summed E-state index contributed by atoms with van der Waals surface area (Å²) in [6.07, 6.45) is 2.77. The molecule has 0 fully saturated rings. The Morgan fingerprint density at radius 1 is 1.22 bits per heavy atom. The van der Waals surface area contributed by atoms with Crippen molar-refractivity contribution in [2.45, 2.75) is 19.4 Å². The molecule has 1 N–H and O–H groups in total. The summed E-state index contributed by atoms with van der Waals surface area (Å²) in [5, 5.41) is 3.50. The van der Waals surface area contributed by atoms with E-state index >= 15 is 0 Å². The highest BCUT2D eigenvalue weighted by Gasteiger charge is 2.08. The molecule has 1 heterocycles. The van der Waals surface area contributed by atoms with Crippen LogP contribution in [0, 0.1) is 0 Å². The van der Waals surface area contributed by atoms with Gasteiger partial charge in [-0.1, -0.05) is 37.3 Å². The fraction of sp³-hybridized carbons (Fsp3) is 0.267. The first-order valence-electron chi connectivity index (χ1n) is 6.15. The first-order valence-corrected chi connectivity index (χ1v) is 6.15. The van der Waals surface area contributed by atoms with Crippen molar-refractivity contribution in [2.75, 3.05) is 12.4 Å². The Hall–Kier alpha value is -2.03. The van der Waals surface area contributed by atoms with Gasteiger partial charge in [-0.05, 0) is 18.1 Å². The number of aromatic nitrogens is 1. The predicted octanol–water partition coefficient (Wildman–Crippen LogP) is 3.65. The number of rotatable bonds is 5. The Morgan fingerprint density at radius 3 is 2.67 bits per heavy atom. The molecule has 0 radical (unpaired) electrons. The number of methoxy groups -OCH3 is 1. The third kappa shape index (κ3) is 3.00. The molecule has 3 heteroatoms. The summed E-state index contributed by atoms with van der Waals surface area (Å²) < 4.78 is 5.12. The van der Waals surface area contributed by atoms with Crippen molar-refractivity contribution >= 4 is 5.69 Å². The van der Waals surface area contributed by atoms with E-state index in [0.29, 0.717) is 11.9 Å². The summed E-state index contributed by atoms with van der Waals surface area (Å²) in [4.78, 5) is 4.10. The molecule has 2 rings (SSSR count). The molecule has 1 atom stereocenters. The summed E-state index contributed by atoms with van der Waals surface area (Å²) in [6.45, 7) is 2.17. The van der Waals surface area contributed by atoms with Gasteiger partial charge in [0, 0.05) is 18.0 Å². The van der Waals surface area contributed by atoms with E-state index < -0.39 is 0 Å². The van der Waals surface area contributed by atoms with E-state index in [1.54, 1.807) is 13.3 Å². The number of hydrogen-bond donors (Lipinski definition) is 1. The van der Waals surface area contributed by atoms with Crippen molar-refractivity contribution in [3.05, 3.63) is 54.2 Å². The van der Waals surface area contributed by atoms with E-state index in [4.69, 9.17) is 4.74 Å². The number of pyridine rings is 1. The van der Waals surface area contributed by atoms with Crippen LogP contribution < -0.4 is 10.1 Å². The summed E-state index contributed by atoms with van der Waals surface area (Å²) in [6, 6.07) is 14.6. The zero-order valence-corrected chi connectivity index (χ0v) is 10.8. The van der Waals surface area contributed by atoms with Crippen LogP contribution in [-0.4, -0.2) is 12.1 Å². The van der Waals surface area contributed by atoms with Gasteiger partial charge in [0.05, 0.1) is 13.2 Å². The molecule has 1 aromatic carbocycles. The second kappa shape index (κ2) is 6.05. The van der Waals surface area contributed by atoms with E-state index in [-0.39, 0.29) is 0 Å². The maximum absolute atomic E-state index is 5.12. The van der Waals surface area contributed by atoms with E-state index in [1.165, 1.54) is 5.56 Å². The van der Waals surface area contributed by atoms with Crippen LogP contribution in [0.1, 0.15) is 24.9 Å². The fourth-order valence-corrected chi connectivity index (χ4v) is 1.92. The van der Waals surface area contributed by atoms with E-state index in [0.717, 1.165) is 12.1 Å². The maximum atomic E-state index is 5.12. The Kier molecular flexibility index (Phi) is 4.18. The minimum absolute atomic E-state index is 0.304. The summed E-state index contributed by atoms with van der Waals surface area (Å²) in [7, 11) is 1.63. The van der Waals surface area contributed by atoms with Crippen LogP contribution in [0.15, 0.2) is 48.7 Å². The smallest absolute Gasteiger partial charge is 0.214 e. The van der Waals surface area contributed by atoms with Crippen LogP contribution in [0.25, 0.3) is 0 Å². The van der Waals surface area contributed by atoms with Gasteiger partial charge < -0.3 is 10.1 Å². The minimum Gasteiger partial charge on any atom is -0.481 e. The van der Waals surface area contributed by atoms with Crippen LogP contribution in [-0.2, 0) is 0 Å². The van der Waals surface area contributed by atoms with Gasteiger partial charge in [0.2, 0.25) is 5.88 Å². The highest BCUT2D eigenvalue weighted by atomic mass is 16.5. The molecule has 0 amide bonds. The minimum atomic E-state index is 0.304. The van der Waals surface area contributed by atoms with Crippen LogP contribution in [0.3, 0.4) is 0 Å². The van der Waals surface area contributed by atoms with Crippen LogP contribution in [0.5, 0.6) is 5.88 Å². The average molecular weight is 242 g/mol. The third-order valence-electron chi connectivity index (χ3n) is 2.90. The Morgan fingerprint density at radius 2 is 2.00 bits per heavy atom. The summed E-state index contributed by atoms with van der Waals surface area (Å²) in [5.41, 5.74) is 2.31. The first kappa shape index (κ1) is 12.4. The molecule has 0 spiro atoms. The molecule has 1 aromatic heterocycles. The molecular formula is C15H18N2O. The van der Waals surface area contributed by atoms with Crippen LogP contribution >= 0.6 is 0 Å². The Bertz CT molecular complexity index is 485. The largest absolute Gasteiger partial charge is 0.481 e. The van der Waals surface area contributed by atoms with Gasteiger partial charge in [-0.25, -0.2) is 4.98 Å². The molecule has 0 aliphatic carbocycles. The molecule has 2 aromatic rings. The van der Waals surface area contributed by atoms with Crippen molar-refractivity contribution in [2.24, 2.45) is 0 Å².